The number of benzene rings is 1. The molecule has 4 nitrogen and oxygen atoms in total. The van der Waals surface area contributed by atoms with E-state index in [4.69, 9.17) is 9.47 Å². The van der Waals surface area contributed by atoms with Gasteiger partial charge in [0.15, 0.2) is 0 Å². The molecule has 2 rings (SSSR count). The van der Waals surface area contributed by atoms with Crippen molar-refractivity contribution in [2.75, 3.05) is 32.8 Å². The zero-order chi connectivity index (χ0) is 14.9. The second-order valence-electron chi connectivity index (χ2n) is 5.16. The molecule has 1 aromatic carbocycles. The maximum absolute atomic E-state index is 11.9. The van der Waals surface area contributed by atoms with Gasteiger partial charge >= 0.3 is 5.97 Å². The van der Waals surface area contributed by atoms with Crippen LogP contribution in [0.4, 0.5) is 0 Å². The van der Waals surface area contributed by atoms with Gasteiger partial charge in [-0.3, -0.25) is 4.90 Å². The highest BCUT2D eigenvalue weighted by molar-refractivity contribution is 5.89. The van der Waals surface area contributed by atoms with Gasteiger partial charge in [-0.25, -0.2) is 4.79 Å². The lowest BCUT2D eigenvalue weighted by molar-refractivity contribution is 0.0452. The molecule has 0 atom stereocenters. The Morgan fingerprint density at radius 2 is 1.90 bits per heavy atom. The third-order valence-corrected chi connectivity index (χ3v) is 3.55. The van der Waals surface area contributed by atoms with Crippen LogP contribution in [0, 0.1) is 0 Å². The van der Waals surface area contributed by atoms with Gasteiger partial charge in [0.2, 0.25) is 0 Å². The Kier molecular flexibility index (Phi) is 6.28. The third-order valence-electron chi connectivity index (χ3n) is 3.55. The van der Waals surface area contributed by atoms with Crippen LogP contribution in [0.1, 0.15) is 29.6 Å². The van der Waals surface area contributed by atoms with E-state index in [9.17, 15) is 4.79 Å². The van der Waals surface area contributed by atoms with E-state index in [1.165, 1.54) is 19.3 Å². The van der Waals surface area contributed by atoms with Crippen LogP contribution in [0.25, 0.3) is 0 Å². The highest BCUT2D eigenvalue weighted by Gasteiger charge is 2.11. The fourth-order valence-corrected chi connectivity index (χ4v) is 2.38. The molecule has 1 aliphatic heterocycles. The highest BCUT2D eigenvalue weighted by atomic mass is 16.5. The molecule has 0 aliphatic carbocycles. The predicted octanol–water partition coefficient (Wildman–Crippen LogP) is 2.89. The fourth-order valence-electron chi connectivity index (χ4n) is 2.38. The molecular formula is C17H23NO3. The van der Waals surface area contributed by atoms with Crippen LogP contribution in [0.15, 0.2) is 36.9 Å². The Morgan fingerprint density at radius 3 is 2.57 bits per heavy atom. The van der Waals surface area contributed by atoms with Crippen LogP contribution in [0.5, 0.6) is 5.75 Å². The topological polar surface area (TPSA) is 38.8 Å². The van der Waals surface area contributed by atoms with Crippen LogP contribution in [-0.2, 0) is 4.74 Å². The minimum Gasteiger partial charge on any atom is -0.490 e. The minimum atomic E-state index is -0.276. The van der Waals surface area contributed by atoms with Crippen LogP contribution in [0.2, 0.25) is 0 Å². The van der Waals surface area contributed by atoms with Crippen molar-refractivity contribution in [3.05, 3.63) is 42.5 Å². The van der Waals surface area contributed by atoms with Crippen molar-refractivity contribution >= 4 is 5.97 Å². The van der Waals surface area contributed by atoms with Gasteiger partial charge in [-0.1, -0.05) is 19.1 Å². The zero-order valence-electron chi connectivity index (χ0n) is 12.4. The summed E-state index contributed by atoms with van der Waals surface area (Å²) in [7, 11) is 0. The summed E-state index contributed by atoms with van der Waals surface area (Å²) in [5.41, 5.74) is 0.555. The van der Waals surface area contributed by atoms with Crippen LogP contribution in [-0.4, -0.2) is 43.7 Å². The van der Waals surface area contributed by atoms with E-state index >= 15 is 0 Å². The molecule has 1 heterocycles. The quantitative estimate of drug-likeness (QED) is 0.571. The van der Waals surface area contributed by atoms with Crippen molar-refractivity contribution in [2.24, 2.45) is 0 Å². The standard InChI is InChI=1S/C17H23NO3/c1-2-13-20-16-8-6-15(7-9-16)17(19)21-14-12-18-10-4-3-5-11-18/h2,6-9H,1,3-5,10-14H2. The van der Waals surface area contributed by atoms with E-state index in [2.05, 4.69) is 11.5 Å². The number of likely N-dealkylation sites (tertiary alicyclic amines) is 1. The molecule has 0 N–H and O–H groups in total. The molecule has 0 amide bonds. The number of carbonyl (C=O) groups is 1. The number of ether oxygens (including phenoxy) is 2. The van der Waals surface area contributed by atoms with Gasteiger partial charge in [-0.05, 0) is 50.2 Å². The van der Waals surface area contributed by atoms with Crippen LogP contribution in [0.3, 0.4) is 0 Å². The molecule has 1 fully saturated rings. The molecule has 0 bridgehead atoms. The number of hydrogen-bond acceptors (Lipinski definition) is 4. The zero-order valence-corrected chi connectivity index (χ0v) is 12.4. The first-order valence-corrected chi connectivity index (χ1v) is 7.53. The molecule has 0 aromatic heterocycles. The lowest BCUT2D eigenvalue weighted by Gasteiger charge is -2.25. The first-order valence-electron chi connectivity index (χ1n) is 7.53. The molecule has 4 heteroatoms. The van der Waals surface area contributed by atoms with Crippen molar-refractivity contribution in [1.82, 2.24) is 4.90 Å². The normalized spacial score (nSPS) is 15.4. The number of piperidine rings is 1. The van der Waals surface area contributed by atoms with E-state index in [1.54, 1.807) is 30.3 Å². The molecule has 114 valence electrons. The van der Waals surface area contributed by atoms with Gasteiger partial charge in [0.05, 0.1) is 5.56 Å². The smallest absolute Gasteiger partial charge is 0.338 e. The molecule has 1 saturated heterocycles. The Hall–Kier alpha value is -1.81. The van der Waals surface area contributed by atoms with Crippen LogP contribution >= 0.6 is 0 Å². The largest absolute Gasteiger partial charge is 0.490 e. The van der Waals surface area contributed by atoms with Crippen molar-refractivity contribution in [2.45, 2.75) is 19.3 Å². The monoisotopic (exact) mass is 289 g/mol. The second-order valence-corrected chi connectivity index (χ2v) is 5.16. The lowest BCUT2D eigenvalue weighted by atomic mass is 10.1. The molecule has 0 radical (unpaired) electrons. The summed E-state index contributed by atoms with van der Waals surface area (Å²) in [4.78, 5) is 14.3. The Labute approximate surface area is 126 Å². The van der Waals surface area contributed by atoms with Crippen molar-refractivity contribution < 1.29 is 14.3 Å². The summed E-state index contributed by atoms with van der Waals surface area (Å²) in [6.07, 6.45) is 5.50. The van der Waals surface area contributed by atoms with E-state index < -0.39 is 0 Å². The van der Waals surface area contributed by atoms with Crippen LogP contribution < -0.4 is 4.74 Å². The van der Waals surface area contributed by atoms with Crippen molar-refractivity contribution in [3.63, 3.8) is 0 Å². The van der Waals surface area contributed by atoms with Gasteiger partial charge in [-0.2, -0.15) is 0 Å². The summed E-state index contributed by atoms with van der Waals surface area (Å²) < 4.78 is 10.7. The average molecular weight is 289 g/mol. The third kappa shape index (κ3) is 5.23. The summed E-state index contributed by atoms with van der Waals surface area (Å²) in [6.45, 7) is 7.56. The van der Waals surface area contributed by atoms with Crippen molar-refractivity contribution in [1.29, 1.82) is 0 Å². The Bertz CT molecular complexity index is 450. The number of esters is 1. The maximum Gasteiger partial charge on any atom is 0.338 e. The minimum absolute atomic E-state index is 0.276. The van der Waals surface area contributed by atoms with Crippen molar-refractivity contribution in [3.8, 4) is 5.75 Å². The lowest BCUT2D eigenvalue weighted by Crippen LogP contribution is -2.33. The number of hydrogen-bond donors (Lipinski definition) is 0. The first kappa shape index (κ1) is 15.6. The maximum atomic E-state index is 11.9. The summed E-state index contributed by atoms with van der Waals surface area (Å²) >= 11 is 0. The number of nitrogens with zero attached hydrogens (tertiary/aromatic N) is 1. The number of rotatable bonds is 7. The summed E-state index contributed by atoms with van der Waals surface area (Å²) in [5.74, 6) is 0.446. The van der Waals surface area contributed by atoms with Gasteiger partial charge in [0.25, 0.3) is 0 Å². The SMILES string of the molecule is C=CCOc1ccc(C(=O)OCCN2CCCCC2)cc1. The molecule has 0 spiro atoms. The second kappa shape index (κ2) is 8.47. The Balaban J connectivity index is 1.73. The van der Waals surface area contributed by atoms with Gasteiger partial charge in [-0.15, -0.1) is 0 Å². The van der Waals surface area contributed by atoms with E-state index in [0.717, 1.165) is 25.4 Å². The molecule has 0 saturated carbocycles. The van der Waals surface area contributed by atoms with E-state index in [0.29, 0.717) is 18.8 Å². The summed E-state index contributed by atoms with van der Waals surface area (Å²) in [6, 6.07) is 6.98. The summed E-state index contributed by atoms with van der Waals surface area (Å²) in [5, 5.41) is 0. The fraction of sp³-hybridized carbons (Fsp3) is 0.471. The molecule has 0 unspecified atom stereocenters. The van der Waals surface area contributed by atoms with E-state index in [-0.39, 0.29) is 5.97 Å². The molecule has 1 aliphatic rings. The van der Waals surface area contributed by atoms with Gasteiger partial charge in [0, 0.05) is 6.54 Å². The average Bonchev–Trinajstić information content (AvgIpc) is 2.54. The molecule has 1 aromatic rings. The predicted molar refractivity (Wildman–Crippen MR) is 82.7 cm³/mol. The molecule has 21 heavy (non-hydrogen) atoms. The molecular weight excluding hydrogens is 266 g/mol. The van der Waals surface area contributed by atoms with Gasteiger partial charge in [0.1, 0.15) is 19.0 Å². The Morgan fingerprint density at radius 1 is 1.19 bits per heavy atom. The first-order chi connectivity index (χ1) is 10.3. The van der Waals surface area contributed by atoms with Gasteiger partial charge < -0.3 is 9.47 Å². The van der Waals surface area contributed by atoms with E-state index in [1.807, 2.05) is 0 Å². The highest BCUT2D eigenvalue weighted by Crippen LogP contribution is 2.13. The number of carbonyl (C=O) groups excluding carboxylic acids is 1.